The van der Waals surface area contributed by atoms with Gasteiger partial charge in [0, 0.05) is 6.04 Å². The van der Waals surface area contributed by atoms with Gasteiger partial charge in [0.15, 0.2) is 0 Å². The first kappa shape index (κ1) is 15.6. The van der Waals surface area contributed by atoms with E-state index in [2.05, 4.69) is 55.6 Å². The standard InChI is InChI=1S/C19H25NO/c1-4-13-20-19(18-8-6-5-7-15(18)2)14-16-9-11-17(21-3)12-10-16/h5-12,19-20H,4,13-14H2,1-3H3. The highest BCUT2D eigenvalue weighted by Crippen LogP contribution is 2.23. The molecule has 0 radical (unpaired) electrons. The maximum absolute atomic E-state index is 5.23. The van der Waals surface area contributed by atoms with E-state index in [1.807, 2.05) is 12.1 Å². The second-order valence-electron chi connectivity index (χ2n) is 5.42. The van der Waals surface area contributed by atoms with E-state index in [0.717, 1.165) is 25.1 Å². The zero-order chi connectivity index (χ0) is 15.1. The van der Waals surface area contributed by atoms with E-state index in [0.29, 0.717) is 6.04 Å². The van der Waals surface area contributed by atoms with Gasteiger partial charge in [-0.15, -0.1) is 0 Å². The highest BCUT2D eigenvalue weighted by molar-refractivity contribution is 5.32. The molecule has 2 heteroatoms. The van der Waals surface area contributed by atoms with Gasteiger partial charge >= 0.3 is 0 Å². The molecule has 21 heavy (non-hydrogen) atoms. The Kier molecular flexibility index (Phi) is 5.82. The zero-order valence-corrected chi connectivity index (χ0v) is 13.2. The highest BCUT2D eigenvalue weighted by Gasteiger charge is 2.13. The Morgan fingerprint density at radius 2 is 1.76 bits per heavy atom. The fourth-order valence-corrected chi connectivity index (χ4v) is 2.59. The molecule has 0 saturated carbocycles. The molecule has 0 saturated heterocycles. The number of methoxy groups -OCH3 is 1. The third-order valence-corrected chi connectivity index (χ3v) is 3.80. The minimum Gasteiger partial charge on any atom is -0.497 e. The lowest BCUT2D eigenvalue weighted by molar-refractivity contribution is 0.414. The van der Waals surface area contributed by atoms with E-state index < -0.39 is 0 Å². The second-order valence-corrected chi connectivity index (χ2v) is 5.42. The van der Waals surface area contributed by atoms with Crippen LogP contribution in [0.4, 0.5) is 0 Å². The Hall–Kier alpha value is -1.80. The van der Waals surface area contributed by atoms with Gasteiger partial charge in [-0.05, 0) is 55.1 Å². The molecule has 0 aliphatic carbocycles. The highest BCUT2D eigenvalue weighted by atomic mass is 16.5. The molecule has 1 unspecified atom stereocenters. The fraction of sp³-hybridized carbons (Fsp3) is 0.368. The Balaban J connectivity index is 2.17. The van der Waals surface area contributed by atoms with Crippen molar-refractivity contribution in [2.24, 2.45) is 0 Å². The maximum atomic E-state index is 5.23. The van der Waals surface area contributed by atoms with Crippen LogP contribution >= 0.6 is 0 Å². The molecule has 0 bridgehead atoms. The summed E-state index contributed by atoms with van der Waals surface area (Å²) in [6.45, 7) is 5.43. The van der Waals surface area contributed by atoms with Crippen molar-refractivity contribution in [2.45, 2.75) is 32.7 Å². The first-order chi connectivity index (χ1) is 10.2. The topological polar surface area (TPSA) is 21.3 Å². The molecule has 2 rings (SSSR count). The number of hydrogen-bond acceptors (Lipinski definition) is 2. The lowest BCUT2D eigenvalue weighted by atomic mass is 9.95. The van der Waals surface area contributed by atoms with Crippen molar-refractivity contribution in [1.82, 2.24) is 5.32 Å². The predicted octanol–water partition coefficient (Wildman–Crippen LogP) is 4.29. The summed E-state index contributed by atoms with van der Waals surface area (Å²) in [5.41, 5.74) is 4.06. The van der Waals surface area contributed by atoms with Crippen molar-refractivity contribution >= 4 is 0 Å². The van der Waals surface area contributed by atoms with Crippen molar-refractivity contribution in [3.63, 3.8) is 0 Å². The van der Waals surface area contributed by atoms with E-state index in [1.165, 1.54) is 16.7 Å². The van der Waals surface area contributed by atoms with Crippen LogP contribution in [0.1, 0.15) is 36.1 Å². The monoisotopic (exact) mass is 283 g/mol. The smallest absolute Gasteiger partial charge is 0.118 e. The van der Waals surface area contributed by atoms with Crippen LogP contribution in [0.3, 0.4) is 0 Å². The third-order valence-electron chi connectivity index (χ3n) is 3.80. The van der Waals surface area contributed by atoms with Gasteiger partial charge in [-0.2, -0.15) is 0 Å². The molecule has 0 aliphatic heterocycles. The third kappa shape index (κ3) is 4.33. The number of aryl methyl sites for hydroxylation is 1. The minimum atomic E-state index is 0.361. The lowest BCUT2D eigenvalue weighted by Crippen LogP contribution is -2.24. The van der Waals surface area contributed by atoms with E-state index in [9.17, 15) is 0 Å². The summed E-state index contributed by atoms with van der Waals surface area (Å²) in [7, 11) is 1.70. The Morgan fingerprint density at radius 1 is 1.05 bits per heavy atom. The molecule has 1 atom stereocenters. The molecule has 112 valence electrons. The average molecular weight is 283 g/mol. The fourth-order valence-electron chi connectivity index (χ4n) is 2.59. The molecule has 1 N–H and O–H groups in total. The van der Waals surface area contributed by atoms with Crippen molar-refractivity contribution < 1.29 is 4.74 Å². The maximum Gasteiger partial charge on any atom is 0.118 e. The van der Waals surface area contributed by atoms with Gasteiger partial charge in [-0.3, -0.25) is 0 Å². The molecule has 2 nitrogen and oxygen atoms in total. The average Bonchev–Trinajstić information content (AvgIpc) is 2.53. The second kappa shape index (κ2) is 7.84. The van der Waals surface area contributed by atoms with Crippen molar-refractivity contribution in [2.75, 3.05) is 13.7 Å². The molecule has 0 aromatic heterocycles. The van der Waals surface area contributed by atoms with Gasteiger partial charge in [-0.25, -0.2) is 0 Å². The van der Waals surface area contributed by atoms with E-state index in [4.69, 9.17) is 4.74 Å². The first-order valence-electron chi connectivity index (χ1n) is 7.66. The summed E-state index contributed by atoms with van der Waals surface area (Å²) in [5.74, 6) is 0.910. The van der Waals surface area contributed by atoms with Crippen LogP contribution in [0, 0.1) is 6.92 Å². The normalized spacial score (nSPS) is 12.1. The van der Waals surface area contributed by atoms with E-state index in [1.54, 1.807) is 7.11 Å². The van der Waals surface area contributed by atoms with Crippen LogP contribution < -0.4 is 10.1 Å². The van der Waals surface area contributed by atoms with Gasteiger partial charge in [0.1, 0.15) is 5.75 Å². The number of benzene rings is 2. The van der Waals surface area contributed by atoms with E-state index in [-0.39, 0.29) is 0 Å². The number of rotatable bonds is 7. The summed E-state index contributed by atoms with van der Waals surface area (Å²) >= 11 is 0. The molecule has 0 amide bonds. The Labute approximate surface area is 128 Å². The molecular weight excluding hydrogens is 258 g/mol. The first-order valence-corrected chi connectivity index (χ1v) is 7.66. The Morgan fingerprint density at radius 3 is 2.38 bits per heavy atom. The van der Waals surface area contributed by atoms with Gasteiger partial charge < -0.3 is 10.1 Å². The quantitative estimate of drug-likeness (QED) is 0.818. The van der Waals surface area contributed by atoms with Crippen LogP contribution in [0.5, 0.6) is 5.75 Å². The van der Waals surface area contributed by atoms with Gasteiger partial charge in [0.05, 0.1) is 7.11 Å². The molecular formula is C19H25NO. The van der Waals surface area contributed by atoms with Gasteiger partial charge in [0.25, 0.3) is 0 Å². The molecule has 0 heterocycles. The van der Waals surface area contributed by atoms with Gasteiger partial charge in [0.2, 0.25) is 0 Å². The molecule has 0 spiro atoms. The predicted molar refractivity (Wildman–Crippen MR) is 88.9 cm³/mol. The molecule has 0 fully saturated rings. The van der Waals surface area contributed by atoms with E-state index >= 15 is 0 Å². The summed E-state index contributed by atoms with van der Waals surface area (Å²) in [6.07, 6.45) is 2.14. The Bertz CT molecular complexity index is 548. The van der Waals surface area contributed by atoms with Crippen LogP contribution in [0.25, 0.3) is 0 Å². The van der Waals surface area contributed by atoms with Crippen LogP contribution in [0.15, 0.2) is 48.5 Å². The summed E-state index contributed by atoms with van der Waals surface area (Å²) in [4.78, 5) is 0. The van der Waals surface area contributed by atoms with Crippen LogP contribution in [0.2, 0.25) is 0 Å². The van der Waals surface area contributed by atoms with Gasteiger partial charge in [-0.1, -0.05) is 43.3 Å². The summed E-state index contributed by atoms with van der Waals surface area (Å²) in [5, 5.41) is 3.67. The minimum absolute atomic E-state index is 0.361. The number of ether oxygens (including phenoxy) is 1. The zero-order valence-electron chi connectivity index (χ0n) is 13.2. The van der Waals surface area contributed by atoms with Crippen molar-refractivity contribution in [1.29, 1.82) is 0 Å². The molecule has 2 aromatic carbocycles. The van der Waals surface area contributed by atoms with Crippen molar-refractivity contribution in [3.8, 4) is 5.75 Å². The SMILES string of the molecule is CCCNC(Cc1ccc(OC)cc1)c1ccccc1C. The lowest BCUT2D eigenvalue weighted by Gasteiger charge is -2.21. The molecule has 0 aliphatic rings. The molecule has 2 aromatic rings. The summed E-state index contributed by atoms with van der Waals surface area (Å²) < 4.78 is 5.23. The largest absolute Gasteiger partial charge is 0.497 e. The van der Waals surface area contributed by atoms with Crippen LogP contribution in [-0.2, 0) is 6.42 Å². The van der Waals surface area contributed by atoms with Crippen molar-refractivity contribution in [3.05, 3.63) is 65.2 Å². The number of nitrogens with one attached hydrogen (secondary N) is 1. The van der Waals surface area contributed by atoms with Crippen LogP contribution in [-0.4, -0.2) is 13.7 Å². The number of hydrogen-bond donors (Lipinski definition) is 1. The summed E-state index contributed by atoms with van der Waals surface area (Å²) in [6, 6.07) is 17.4.